The maximum absolute atomic E-state index is 11.7. The average Bonchev–Trinajstić information content (AvgIpc) is 2.70. The van der Waals surface area contributed by atoms with Crippen LogP contribution in [0.5, 0.6) is 0 Å². The zero-order valence-electron chi connectivity index (χ0n) is 9.47. The molecule has 0 radical (unpaired) electrons. The first-order valence-electron chi connectivity index (χ1n) is 5.08. The molecule has 1 fully saturated rings. The Bertz CT molecular complexity index is 287. The van der Waals surface area contributed by atoms with E-state index in [4.69, 9.17) is 0 Å². The van der Waals surface area contributed by atoms with E-state index in [1.54, 1.807) is 6.92 Å². The second-order valence-corrected chi connectivity index (χ2v) is 4.24. The van der Waals surface area contributed by atoms with Crippen LogP contribution in [0.2, 0.25) is 0 Å². The van der Waals surface area contributed by atoms with Crippen molar-refractivity contribution < 1.29 is 24.5 Å². The molecule has 1 unspecified atom stereocenters. The third-order valence-corrected chi connectivity index (χ3v) is 2.99. The maximum Gasteiger partial charge on any atom is 0.310 e. The number of esters is 1. The van der Waals surface area contributed by atoms with Gasteiger partial charge in [-0.1, -0.05) is 0 Å². The summed E-state index contributed by atoms with van der Waals surface area (Å²) in [5.74, 6) is -1.19. The number of rotatable bonds is 4. The van der Waals surface area contributed by atoms with Crippen molar-refractivity contribution in [3.05, 3.63) is 0 Å². The Morgan fingerprint density at radius 3 is 2.56 bits per heavy atom. The number of nitrogens with zero attached hydrogens (tertiary/aromatic N) is 1. The molecule has 0 spiro atoms. The SMILES string of the molecule is COC(=O)C1CC(=O)N(C(C)(CO)CO)C1. The lowest BCUT2D eigenvalue weighted by molar-refractivity contribution is -0.145. The highest BCUT2D eigenvalue weighted by atomic mass is 16.5. The van der Waals surface area contributed by atoms with Gasteiger partial charge in [0.1, 0.15) is 0 Å². The number of ether oxygens (including phenoxy) is 1. The number of aliphatic hydroxyl groups is 2. The normalized spacial score (nSPS) is 21.4. The summed E-state index contributed by atoms with van der Waals surface area (Å²) in [5, 5.41) is 18.4. The van der Waals surface area contributed by atoms with Gasteiger partial charge in [0.2, 0.25) is 5.91 Å². The number of carbonyl (C=O) groups excluding carboxylic acids is 2. The van der Waals surface area contributed by atoms with Crippen LogP contribution >= 0.6 is 0 Å². The predicted octanol–water partition coefficient (Wildman–Crippen LogP) is -1.25. The van der Waals surface area contributed by atoms with E-state index in [2.05, 4.69) is 4.74 Å². The molecule has 16 heavy (non-hydrogen) atoms. The molecule has 0 aromatic rings. The van der Waals surface area contributed by atoms with E-state index in [1.807, 2.05) is 0 Å². The van der Waals surface area contributed by atoms with E-state index in [0.717, 1.165) is 0 Å². The monoisotopic (exact) mass is 231 g/mol. The summed E-state index contributed by atoms with van der Waals surface area (Å²) < 4.78 is 4.57. The molecule has 0 aromatic heterocycles. The molecule has 1 rings (SSSR count). The summed E-state index contributed by atoms with van der Waals surface area (Å²) >= 11 is 0. The molecular formula is C10H17NO5. The number of amides is 1. The fourth-order valence-electron chi connectivity index (χ4n) is 1.77. The lowest BCUT2D eigenvalue weighted by Crippen LogP contribution is -2.53. The molecule has 0 saturated carbocycles. The van der Waals surface area contributed by atoms with Gasteiger partial charge in [0, 0.05) is 13.0 Å². The maximum atomic E-state index is 11.7. The summed E-state index contributed by atoms with van der Waals surface area (Å²) in [6.45, 7) is 1.07. The molecule has 0 aromatic carbocycles. The van der Waals surface area contributed by atoms with Gasteiger partial charge in [-0.25, -0.2) is 0 Å². The summed E-state index contributed by atoms with van der Waals surface area (Å²) in [6.07, 6.45) is 0.0717. The Morgan fingerprint density at radius 2 is 2.12 bits per heavy atom. The van der Waals surface area contributed by atoms with E-state index in [-0.39, 0.29) is 32.1 Å². The molecule has 1 saturated heterocycles. The van der Waals surface area contributed by atoms with Crippen LogP contribution in [0.1, 0.15) is 13.3 Å². The fraction of sp³-hybridized carbons (Fsp3) is 0.800. The van der Waals surface area contributed by atoms with Crippen LogP contribution in [-0.2, 0) is 14.3 Å². The molecule has 92 valence electrons. The van der Waals surface area contributed by atoms with Crippen molar-refractivity contribution in [2.75, 3.05) is 26.9 Å². The largest absolute Gasteiger partial charge is 0.469 e. The first kappa shape index (κ1) is 12.9. The van der Waals surface area contributed by atoms with Crippen molar-refractivity contribution in [2.24, 2.45) is 5.92 Å². The number of hydrogen-bond donors (Lipinski definition) is 2. The Hall–Kier alpha value is -1.14. The standard InChI is InChI=1S/C10H17NO5/c1-10(5-12,6-13)11-4-7(3-8(11)14)9(15)16-2/h7,12-13H,3-6H2,1-2H3. The van der Waals surface area contributed by atoms with Crippen LogP contribution < -0.4 is 0 Å². The molecule has 0 bridgehead atoms. The van der Waals surface area contributed by atoms with Crippen molar-refractivity contribution in [2.45, 2.75) is 18.9 Å². The summed E-state index contributed by atoms with van der Waals surface area (Å²) in [6, 6.07) is 0. The van der Waals surface area contributed by atoms with Crippen LogP contribution in [0.3, 0.4) is 0 Å². The van der Waals surface area contributed by atoms with Crippen molar-refractivity contribution >= 4 is 11.9 Å². The van der Waals surface area contributed by atoms with Crippen molar-refractivity contribution in [1.82, 2.24) is 4.90 Å². The third-order valence-electron chi connectivity index (χ3n) is 2.99. The van der Waals surface area contributed by atoms with Crippen molar-refractivity contribution in [3.63, 3.8) is 0 Å². The van der Waals surface area contributed by atoms with E-state index >= 15 is 0 Å². The van der Waals surface area contributed by atoms with Gasteiger partial charge in [0.15, 0.2) is 0 Å². The molecule has 6 nitrogen and oxygen atoms in total. The minimum atomic E-state index is -1.01. The van der Waals surface area contributed by atoms with Crippen molar-refractivity contribution in [3.8, 4) is 0 Å². The Morgan fingerprint density at radius 1 is 1.56 bits per heavy atom. The first-order chi connectivity index (χ1) is 7.48. The van der Waals surface area contributed by atoms with Gasteiger partial charge < -0.3 is 19.8 Å². The van der Waals surface area contributed by atoms with Crippen LogP contribution in [0.25, 0.3) is 0 Å². The van der Waals surface area contributed by atoms with Gasteiger partial charge in [-0.3, -0.25) is 9.59 Å². The number of carbonyl (C=O) groups is 2. The third kappa shape index (κ3) is 2.17. The highest BCUT2D eigenvalue weighted by Gasteiger charge is 2.43. The van der Waals surface area contributed by atoms with E-state index in [1.165, 1.54) is 12.0 Å². The number of aliphatic hydroxyl groups excluding tert-OH is 2. The van der Waals surface area contributed by atoms with Crippen LogP contribution in [0.15, 0.2) is 0 Å². The summed E-state index contributed by atoms with van der Waals surface area (Å²) in [7, 11) is 1.27. The second kappa shape index (κ2) is 4.80. The predicted molar refractivity (Wildman–Crippen MR) is 54.4 cm³/mol. The van der Waals surface area contributed by atoms with Gasteiger partial charge in [0.05, 0.1) is 31.8 Å². The Balaban J connectivity index is 2.78. The molecule has 0 aliphatic carbocycles. The number of hydrogen-bond acceptors (Lipinski definition) is 5. The van der Waals surface area contributed by atoms with Gasteiger partial charge in [-0.2, -0.15) is 0 Å². The van der Waals surface area contributed by atoms with Gasteiger partial charge in [-0.05, 0) is 6.92 Å². The molecule has 1 heterocycles. The highest BCUT2D eigenvalue weighted by molar-refractivity contribution is 5.87. The minimum absolute atomic E-state index is 0.0717. The quantitative estimate of drug-likeness (QED) is 0.590. The van der Waals surface area contributed by atoms with E-state index < -0.39 is 17.4 Å². The van der Waals surface area contributed by atoms with E-state index in [9.17, 15) is 19.8 Å². The molecule has 1 aliphatic rings. The lowest BCUT2D eigenvalue weighted by Gasteiger charge is -2.35. The van der Waals surface area contributed by atoms with Crippen LogP contribution in [-0.4, -0.2) is 59.4 Å². The minimum Gasteiger partial charge on any atom is -0.469 e. The molecule has 2 N–H and O–H groups in total. The number of likely N-dealkylation sites (tertiary alicyclic amines) is 1. The van der Waals surface area contributed by atoms with Crippen LogP contribution in [0.4, 0.5) is 0 Å². The van der Waals surface area contributed by atoms with Crippen molar-refractivity contribution in [1.29, 1.82) is 0 Å². The first-order valence-corrected chi connectivity index (χ1v) is 5.08. The Labute approximate surface area is 93.8 Å². The molecule has 6 heteroatoms. The zero-order valence-corrected chi connectivity index (χ0v) is 9.47. The van der Waals surface area contributed by atoms with E-state index in [0.29, 0.717) is 0 Å². The van der Waals surface area contributed by atoms with Crippen LogP contribution in [0, 0.1) is 5.92 Å². The van der Waals surface area contributed by atoms with Gasteiger partial charge >= 0.3 is 5.97 Å². The summed E-state index contributed by atoms with van der Waals surface area (Å²) in [4.78, 5) is 24.3. The smallest absolute Gasteiger partial charge is 0.310 e. The Kier molecular flexibility index (Phi) is 3.88. The highest BCUT2D eigenvalue weighted by Crippen LogP contribution is 2.26. The molecular weight excluding hydrogens is 214 g/mol. The lowest BCUT2D eigenvalue weighted by atomic mass is 10.0. The van der Waals surface area contributed by atoms with Gasteiger partial charge in [-0.15, -0.1) is 0 Å². The summed E-state index contributed by atoms with van der Waals surface area (Å²) in [5.41, 5.74) is -1.01. The average molecular weight is 231 g/mol. The molecule has 1 amide bonds. The molecule has 1 aliphatic heterocycles. The zero-order chi connectivity index (χ0) is 12.3. The molecule has 1 atom stereocenters. The topological polar surface area (TPSA) is 87.1 Å². The van der Waals surface area contributed by atoms with Gasteiger partial charge in [0.25, 0.3) is 0 Å². The number of methoxy groups -OCH3 is 1. The fourth-order valence-corrected chi connectivity index (χ4v) is 1.77. The second-order valence-electron chi connectivity index (χ2n) is 4.24.